The molecule has 1 atom stereocenters. The van der Waals surface area contributed by atoms with Crippen molar-refractivity contribution in [3.63, 3.8) is 0 Å². The Balaban J connectivity index is 1.40. The van der Waals surface area contributed by atoms with Crippen LogP contribution in [0.15, 0.2) is 88.8 Å². The Bertz CT molecular complexity index is 1460. The summed E-state index contributed by atoms with van der Waals surface area (Å²) in [5.41, 5.74) is 0.418. The first-order chi connectivity index (χ1) is 18.2. The minimum atomic E-state index is -4.53. The molecule has 0 aliphatic rings. The van der Waals surface area contributed by atoms with Crippen molar-refractivity contribution in [3.05, 3.63) is 100 Å². The number of halogens is 3. The van der Waals surface area contributed by atoms with Crippen LogP contribution in [-0.2, 0) is 11.0 Å². The highest BCUT2D eigenvalue weighted by molar-refractivity contribution is 7.99. The fourth-order valence-electron chi connectivity index (χ4n) is 4.12. The van der Waals surface area contributed by atoms with E-state index in [0.717, 1.165) is 30.5 Å². The first kappa shape index (κ1) is 27.4. The summed E-state index contributed by atoms with van der Waals surface area (Å²) in [4.78, 5) is 30.2. The van der Waals surface area contributed by atoms with E-state index in [-0.39, 0.29) is 17.6 Å². The number of fused-ring (bicyclic) bond motifs is 1. The highest BCUT2D eigenvalue weighted by Gasteiger charge is 2.31. The lowest BCUT2D eigenvalue weighted by molar-refractivity contribution is -0.137. The van der Waals surface area contributed by atoms with Crippen LogP contribution in [0.4, 0.5) is 13.2 Å². The number of carbonyl (C=O) groups excluding carboxylic acids is 1. The number of hydrogen-bond acceptors (Lipinski definition) is 4. The second-order valence-corrected chi connectivity index (χ2v) is 10.0. The SMILES string of the molecule is CC(NC(=O)CCCCCSc1nc2ccccc2c(=O)n1-c1cccc(C(F)(F)F)c1)c1ccccc1. The molecule has 1 amide bonds. The third kappa shape index (κ3) is 6.83. The zero-order valence-corrected chi connectivity index (χ0v) is 21.7. The van der Waals surface area contributed by atoms with Crippen LogP contribution >= 0.6 is 11.8 Å². The van der Waals surface area contributed by atoms with E-state index in [9.17, 15) is 22.8 Å². The van der Waals surface area contributed by atoms with Crippen molar-refractivity contribution in [2.45, 2.75) is 50.0 Å². The summed E-state index contributed by atoms with van der Waals surface area (Å²) in [6.07, 6.45) is -1.86. The molecule has 4 rings (SSSR count). The lowest BCUT2D eigenvalue weighted by atomic mass is 10.1. The molecule has 0 radical (unpaired) electrons. The molecule has 198 valence electrons. The normalized spacial score (nSPS) is 12.4. The Labute approximate surface area is 223 Å². The summed E-state index contributed by atoms with van der Waals surface area (Å²) < 4.78 is 41.3. The van der Waals surface area contributed by atoms with Gasteiger partial charge in [-0.1, -0.05) is 66.7 Å². The fourth-order valence-corrected chi connectivity index (χ4v) is 5.14. The minimum absolute atomic E-state index is 0.0106. The van der Waals surface area contributed by atoms with Gasteiger partial charge in [0.25, 0.3) is 5.56 Å². The highest BCUT2D eigenvalue weighted by atomic mass is 32.2. The van der Waals surface area contributed by atoms with Crippen molar-refractivity contribution in [1.29, 1.82) is 0 Å². The van der Waals surface area contributed by atoms with Crippen LogP contribution in [0, 0.1) is 0 Å². The van der Waals surface area contributed by atoms with Gasteiger partial charge in [-0.3, -0.25) is 14.2 Å². The van der Waals surface area contributed by atoms with Gasteiger partial charge in [-0.15, -0.1) is 0 Å². The van der Waals surface area contributed by atoms with Gasteiger partial charge < -0.3 is 5.32 Å². The van der Waals surface area contributed by atoms with Crippen molar-refractivity contribution < 1.29 is 18.0 Å². The molecule has 9 heteroatoms. The molecule has 0 aliphatic heterocycles. The average molecular weight is 540 g/mol. The fraction of sp³-hybridized carbons (Fsp3) is 0.276. The van der Waals surface area contributed by atoms with Crippen LogP contribution in [0.5, 0.6) is 0 Å². The molecule has 1 heterocycles. The van der Waals surface area contributed by atoms with E-state index in [1.54, 1.807) is 24.3 Å². The lowest BCUT2D eigenvalue weighted by Crippen LogP contribution is -2.26. The van der Waals surface area contributed by atoms with E-state index in [0.29, 0.717) is 34.7 Å². The first-order valence-electron chi connectivity index (χ1n) is 12.4. The smallest absolute Gasteiger partial charge is 0.350 e. The number of hydrogen-bond donors (Lipinski definition) is 1. The third-order valence-corrected chi connectivity index (χ3v) is 7.16. The number of carbonyl (C=O) groups is 1. The highest BCUT2D eigenvalue weighted by Crippen LogP contribution is 2.31. The second kappa shape index (κ2) is 12.3. The number of unbranched alkanes of at least 4 members (excludes halogenated alkanes) is 2. The molecule has 1 N–H and O–H groups in total. The number of benzene rings is 3. The molecule has 0 bridgehead atoms. The van der Waals surface area contributed by atoms with Crippen LogP contribution in [0.3, 0.4) is 0 Å². The summed E-state index contributed by atoms with van der Waals surface area (Å²) in [5.74, 6) is 0.592. The van der Waals surface area contributed by atoms with E-state index in [1.807, 2.05) is 37.3 Å². The van der Waals surface area contributed by atoms with Gasteiger partial charge in [0, 0.05) is 12.2 Å². The first-order valence-corrected chi connectivity index (χ1v) is 13.4. The zero-order valence-electron chi connectivity index (χ0n) is 20.9. The van der Waals surface area contributed by atoms with Crippen molar-refractivity contribution in [3.8, 4) is 5.69 Å². The van der Waals surface area contributed by atoms with Crippen molar-refractivity contribution in [2.24, 2.45) is 0 Å². The molecule has 1 unspecified atom stereocenters. The third-order valence-electron chi connectivity index (χ3n) is 6.13. The van der Waals surface area contributed by atoms with Crippen molar-refractivity contribution >= 4 is 28.6 Å². The number of rotatable bonds is 10. The van der Waals surface area contributed by atoms with E-state index < -0.39 is 17.3 Å². The summed E-state index contributed by atoms with van der Waals surface area (Å²) in [5, 5.41) is 3.68. The molecule has 4 aromatic rings. The molecule has 3 aromatic carbocycles. The van der Waals surface area contributed by atoms with Crippen LogP contribution < -0.4 is 10.9 Å². The zero-order chi connectivity index (χ0) is 27.1. The van der Waals surface area contributed by atoms with E-state index in [4.69, 9.17) is 0 Å². The molecule has 1 aromatic heterocycles. The minimum Gasteiger partial charge on any atom is -0.350 e. The molecule has 0 fully saturated rings. The molecule has 5 nitrogen and oxygen atoms in total. The number of aromatic nitrogens is 2. The largest absolute Gasteiger partial charge is 0.416 e. The average Bonchev–Trinajstić information content (AvgIpc) is 2.91. The number of thioether (sulfide) groups is 1. The maximum atomic E-state index is 13.3. The Morgan fingerprint density at radius 2 is 1.71 bits per heavy atom. The number of alkyl halides is 3. The lowest BCUT2D eigenvalue weighted by Gasteiger charge is -2.15. The predicted octanol–water partition coefficient (Wildman–Crippen LogP) is 6.93. The van der Waals surface area contributed by atoms with E-state index in [1.165, 1.54) is 28.5 Å². The van der Waals surface area contributed by atoms with Gasteiger partial charge in [0.2, 0.25) is 5.91 Å². The quantitative estimate of drug-likeness (QED) is 0.135. The number of nitrogens with one attached hydrogen (secondary N) is 1. The molecular weight excluding hydrogens is 511 g/mol. The Morgan fingerprint density at radius 1 is 0.974 bits per heavy atom. The standard InChI is InChI=1S/C29H28F3N3O2S/c1-20(21-11-4-2-5-12-21)33-26(36)17-6-3-9-18-38-28-34-25-16-8-7-15-24(25)27(37)35(28)23-14-10-13-22(19-23)29(30,31)32/h2,4-5,7-8,10-16,19-20H,3,6,9,17-18H2,1H3,(H,33,36). The van der Waals surface area contributed by atoms with Gasteiger partial charge in [0.05, 0.1) is 28.2 Å². The van der Waals surface area contributed by atoms with Crippen LogP contribution in [-0.4, -0.2) is 21.2 Å². The molecular formula is C29H28F3N3O2S. The molecule has 0 saturated heterocycles. The number of amides is 1. The van der Waals surface area contributed by atoms with Gasteiger partial charge >= 0.3 is 6.18 Å². The van der Waals surface area contributed by atoms with Gasteiger partial charge in [0.1, 0.15) is 0 Å². The van der Waals surface area contributed by atoms with Crippen molar-refractivity contribution in [1.82, 2.24) is 14.9 Å². The number of para-hydroxylation sites is 1. The predicted molar refractivity (Wildman–Crippen MR) is 145 cm³/mol. The molecule has 0 spiro atoms. The summed E-state index contributed by atoms with van der Waals surface area (Å²) in [7, 11) is 0. The summed E-state index contributed by atoms with van der Waals surface area (Å²) in [6.45, 7) is 1.95. The maximum absolute atomic E-state index is 13.3. The Morgan fingerprint density at radius 3 is 2.47 bits per heavy atom. The maximum Gasteiger partial charge on any atom is 0.416 e. The number of nitrogens with zero attached hydrogens (tertiary/aromatic N) is 2. The summed E-state index contributed by atoms with van der Waals surface area (Å²) >= 11 is 1.32. The van der Waals surface area contributed by atoms with Crippen molar-refractivity contribution in [2.75, 3.05) is 5.75 Å². The molecule has 0 saturated carbocycles. The monoisotopic (exact) mass is 539 g/mol. The van der Waals surface area contributed by atoms with Gasteiger partial charge in [-0.25, -0.2) is 4.98 Å². The molecule has 38 heavy (non-hydrogen) atoms. The second-order valence-electron chi connectivity index (χ2n) is 8.96. The Kier molecular flexibility index (Phi) is 8.89. The van der Waals surface area contributed by atoms with Crippen LogP contribution in [0.25, 0.3) is 16.6 Å². The van der Waals surface area contributed by atoms with Gasteiger partial charge in [-0.05, 0) is 55.7 Å². The van der Waals surface area contributed by atoms with Gasteiger partial charge in [0.15, 0.2) is 5.16 Å². The van der Waals surface area contributed by atoms with Gasteiger partial charge in [-0.2, -0.15) is 13.2 Å². The summed E-state index contributed by atoms with van der Waals surface area (Å²) in [6, 6.07) is 21.2. The Hall–Kier alpha value is -3.59. The van der Waals surface area contributed by atoms with Crippen LogP contribution in [0.1, 0.15) is 49.8 Å². The van der Waals surface area contributed by atoms with Crippen LogP contribution in [0.2, 0.25) is 0 Å². The van der Waals surface area contributed by atoms with E-state index in [2.05, 4.69) is 10.3 Å². The topological polar surface area (TPSA) is 64.0 Å². The van der Waals surface area contributed by atoms with E-state index >= 15 is 0 Å². The molecule has 0 aliphatic carbocycles.